The Balaban J connectivity index is 1.99. The molecule has 16 heavy (non-hydrogen) atoms. The Bertz CT molecular complexity index is 386. The summed E-state index contributed by atoms with van der Waals surface area (Å²) in [6, 6.07) is 3.79. The van der Waals surface area contributed by atoms with Crippen LogP contribution in [-0.4, -0.2) is 5.54 Å². The molecular weight excluding hydrogens is 208 g/mol. The van der Waals surface area contributed by atoms with Crippen molar-refractivity contribution < 1.29 is 8.78 Å². The Morgan fingerprint density at radius 3 is 2.62 bits per heavy atom. The van der Waals surface area contributed by atoms with Crippen LogP contribution in [0.5, 0.6) is 0 Å². The maximum Gasteiger partial charge on any atom is 0.129 e. The van der Waals surface area contributed by atoms with E-state index in [9.17, 15) is 8.78 Å². The molecule has 0 radical (unpaired) electrons. The number of benzene rings is 1. The van der Waals surface area contributed by atoms with Crippen LogP contribution in [0, 0.1) is 11.6 Å². The number of hydrogen-bond donors (Lipinski definition) is 1. The minimum absolute atomic E-state index is 0.00473. The molecule has 0 bridgehead atoms. The highest BCUT2D eigenvalue weighted by Crippen LogP contribution is 2.39. The second kappa shape index (κ2) is 4.13. The molecule has 1 aliphatic carbocycles. The van der Waals surface area contributed by atoms with E-state index in [-0.39, 0.29) is 11.5 Å². The van der Waals surface area contributed by atoms with Crippen molar-refractivity contribution in [3.8, 4) is 0 Å². The Morgan fingerprint density at radius 2 is 2.06 bits per heavy atom. The van der Waals surface area contributed by atoms with E-state index in [4.69, 9.17) is 5.73 Å². The summed E-state index contributed by atoms with van der Waals surface area (Å²) in [7, 11) is 0. The van der Waals surface area contributed by atoms with Crippen LogP contribution in [0.3, 0.4) is 0 Å². The van der Waals surface area contributed by atoms with Gasteiger partial charge in [0.2, 0.25) is 0 Å². The highest BCUT2D eigenvalue weighted by molar-refractivity contribution is 5.22. The zero-order valence-corrected chi connectivity index (χ0v) is 9.47. The van der Waals surface area contributed by atoms with Crippen molar-refractivity contribution in [3.05, 3.63) is 35.4 Å². The van der Waals surface area contributed by atoms with Gasteiger partial charge in [0.1, 0.15) is 11.6 Å². The van der Waals surface area contributed by atoms with E-state index >= 15 is 0 Å². The van der Waals surface area contributed by atoms with Gasteiger partial charge in [-0.05, 0) is 43.2 Å². The average molecular weight is 225 g/mol. The fraction of sp³-hybridized carbons (Fsp3) is 0.538. The second-order valence-corrected chi connectivity index (χ2v) is 4.97. The summed E-state index contributed by atoms with van der Waals surface area (Å²) in [5, 5.41) is 0. The second-order valence-electron chi connectivity index (χ2n) is 4.97. The van der Waals surface area contributed by atoms with Crippen molar-refractivity contribution in [1.82, 2.24) is 0 Å². The van der Waals surface area contributed by atoms with Crippen molar-refractivity contribution in [2.45, 2.75) is 44.1 Å². The van der Waals surface area contributed by atoms with Crippen LogP contribution < -0.4 is 5.73 Å². The Morgan fingerprint density at radius 1 is 1.38 bits per heavy atom. The fourth-order valence-corrected chi connectivity index (χ4v) is 1.97. The van der Waals surface area contributed by atoms with Crippen molar-refractivity contribution in [2.75, 3.05) is 0 Å². The topological polar surface area (TPSA) is 26.0 Å². The average Bonchev–Trinajstić information content (AvgIpc) is 2.94. The lowest BCUT2D eigenvalue weighted by molar-refractivity contribution is 0.507. The van der Waals surface area contributed by atoms with Gasteiger partial charge in [-0.3, -0.25) is 0 Å². The van der Waals surface area contributed by atoms with Gasteiger partial charge in [0.05, 0.1) is 0 Å². The smallest absolute Gasteiger partial charge is 0.129 e. The van der Waals surface area contributed by atoms with Crippen molar-refractivity contribution >= 4 is 0 Å². The van der Waals surface area contributed by atoms with Gasteiger partial charge in [-0.1, -0.05) is 13.0 Å². The van der Waals surface area contributed by atoms with E-state index in [0.29, 0.717) is 5.56 Å². The minimum Gasteiger partial charge on any atom is -0.325 e. The molecule has 2 rings (SSSR count). The van der Waals surface area contributed by atoms with Crippen molar-refractivity contribution in [2.24, 2.45) is 5.73 Å². The molecule has 1 saturated carbocycles. The Hall–Kier alpha value is -0.960. The predicted molar refractivity (Wildman–Crippen MR) is 60.2 cm³/mol. The normalized spacial score (nSPS) is 19.5. The predicted octanol–water partition coefficient (Wildman–Crippen LogP) is 3.34. The van der Waals surface area contributed by atoms with E-state index < -0.39 is 11.6 Å². The van der Waals surface area contributed by atoms with E-state index in [1.165, 1.54) is 12.1 Å². The summed E-state index contributed by atoms with van der Waals surface area (Å²) in [5.74, 6) is -0.873. The number of rotatable bonds is 4. The van der Waals surface area contributed by atoms with Gasteiger partial charge in [-0.2, -0.15) is 0 Å². The summed E-state index contributed by atoms with van der Waals surface area (Å²) >= 11 is 0. The van der Waals surface area contributed by atoms with Crippen LogP contribution in [0.2, 0.25) is 0 Å². The summed E-state index contributed by atoms with van der Waals surface area (Å²) < 4.78 is 26.2. The van der Waals surface area contributed by atoms with Gasteiger partial charge in [0.25, 0.3) is 0 Å². The molecule has 1 atom stereocenters. The molecule has 0 aliphatic heterocycles. The molecule has 1 aromatic rings. The monoisotopic (exact) mass is 225 g/mol. The Labute approximate surface area is 94.7 Å². The molecule has 1 fully saturated rings. The quantitative estimate of drug-likeness (QED) is 0.835. The summed E-state index contributed by atoms with van der Waals surface area (Å²) in [6.45, 7) is 1.96. The third-order valence-electron chi connectivity index (χ3n) is 3.46. The summed E-state index contributed by atoms with van der Waals surface area (Å²) in [4.78, 5) is 0. The van der Waals surface area contributed by atoms with Gasteiger partial charge in [-0.25, -0.2) is 8.78 Å². The van der Waals surface area contributed by atoms with Crippen LogP contribution in [0.4, 0.5) is 8.78 Å². The van der Waals surface area contributed by atoms with E-state index in [1.54, 1.807) is 0 Å². The number of nitrogens with two attached hydrogens (primary N) is 1. The molecule has 1 aliphatic rings. The SMILES string of the molecule is CC(CCC1(N)CC1)c1ccc(F)cc1F. The first-order valence-electron chi connectivity index (χ1n) is 5.74. The largest absolute Gasteiger partial charge is 0.325 e. The van der Waals surface area contributed by atoms with Crippen LogP contribution >= 0.6 is 0 Å². The van der Waals surface area contributed by atoms with Crippen molar-refractivity contribution in [3.63, 3.8) is 0 Å². The van der Waals surface area contributed by atoms with E-state index in [0.717, 1.165) is 31.7 Å². The van der Waals surface area contributed by atoms with Gasteiger partial charge in [0.15, 0.2) is 0 Å². The first-order chi connectivity index (χ1) is 7.50. The molecule has 0 heterocycles. The molecular formula is C13H17F2N. The van der Waals surface area contributed by atoms with Crippen molar-refractivity contribution in [1.29, 1.82) is 0 Å². The summed E-state index contributed by atoms with van der Waals surface area (Å²) in [5.41, 5.74) is 6.57. The molecule has 2 N–H and O–H groups in total. The molecule has 0 saturated heterocycles. The fourth-order valence-electron chi connectivity index (χ4n) is 1.97. The highest BCUT2D eigenvalue weighted by Gasteiger charge is 2.37. The van der Waals surface area contributed by atoms with E-state index in [2.05, 4.69) is 0 Å². The van der Waals surface area contributed by atoms with Crippen LogP contribution in [-0.2, 0) is 0 Å². The number of halogens is 2. The standard InChI is InChI=1S/C13H17F2N/c1-9(4-5-13(16)6-7-13)11-3-2-10(14)8-12(11)15/h2-3,8-9H,4-7,16H2,1H3. The first-order valence-corrected chi connectivity index (χ1v) is 5.74. The van der Waals surface area contributed by atoms with E-state index in [1.807, 2.05) is 6.92 Å². The zero-order valence-electron chi connectivity index (χ0n) is 9.47. The minimum atomic E-state index is -0.522. The highest BCUT2D eigenvalue weighted by atomic mass is 19.1. The lowest BCUT2D eigenvalue weighted by Crippen LogP contribution is -2.21. The lowest BCUT2D eigenvalue weighted by atomic mass is 9.93. The molecule has 0 spiro atoms. The molecule has 1 unspecified atom stereocenters. The third kappa shape index (κ3) is 2.59. The molecule has 1 nitrogen and oxygen atoms in total. The van der Waals surface area contributed by atoms with Gasteiger partial charge in [0, 0.05) is 11.6 Å². The maximum absolute atomic E-state index is 13.5. The summed E-state index contributed by atoms with van der Waals surface area (Å²) in [6.07, 6.45) is 3.93. The third-order valence-corrected chi connectivity index (χ3v) is 3.46. The lowest BCUT2D eigenvalue weighted by Gasteiger charge is -2.15. The zero-order chi connectivity index (χ0) is 11.8. The van der Waals surface area contributed by atoms with Gasteiger partial charge in [-0.15, -0.1) is 0 Å². The van der Waals surface area contributed by atoms with Crippen LogP contribution in [0.15, 0.2) is 18.2 Å². The van der Waals surface area contributed by atoms with Crippen LogP contribution in [0.1, 0.15) is 44.1 Å². The molecule has 88 valence electrons. The van der Waals surface area contributed by atoms with Crippen LogP contribution in [0.25, 0.3) is 0 Å². The first kappa shape index (κ1) is 11.5. The molecule has 1 aromatic carbocycles. The molecule has 0 amide bonds. The Kier molecular flexibility index (Phi) is 2.98. The number of hydrogen-bond acceptors (Lipinski definition) is 1. The van der Waals surface area contributed by atoms with Gasteiger partial charge >= 0.3 is 0 Å². The maximum atomic E-state index is 13.5. The molecule has 3 heteroatoms. The van der Waals surface area contributed by atoms with Gasteiger partial charge < -0.3 is 5.73 Å². The molecule has 0 aromatic heterocycles.